The van der Waals surface area contributed by atoms with Crippen molar-refractivity contribution in [3.05, 3.63) is 223 Å². The first-order valence-electron chi connectivity index (χ1n) is 19.5. The molecule has 2 heteroatoms. The fourth-order valence-corrected chi connectivity index (χ4v) is 9.66. The van der Waals surface area contributed by atoms with Crippen molar-refractivity contribution in [1.82, 2.24) is 0 Å². The molecule has 0 spiro atoms. The zero-order valence-electron chi connectivity index (χ0n) is 30.6. The first-order valence-corrected chi connectivity index (χ1v) is 19.5. The van der Waals surface area contributed by atoms with Gasteiger partial charge in [0, 0.05) is 45.2 Å². The Labute approximate surface area is 325 Å². The van der Waals surface area contributed by atoms with Gasteiger partial charge in [-0.15, -0.1) is 0 Å². The number of allylic oxidation sites excluding steroid dienone is 7. The molecule has 0 bridgehead atoms. The van der Waals surface area contributed by atoms with E-state index >= 15 is 0 Å². The van der Waals surface area contributed by atoms with Crippen molar-refractivity contribution in [3.8, 4) is 22.3 Å². The van der Waals surface area contributed by atoms with Gasteiger partial charge in [0.2, 0.25) is 0 Å². The Hall–Kier alpha value is -7.16. The van der Waals surface area contributed by atoms with Gasteiger partial charge in [-0.05, 0) is 103 Å². The molecule has 8 aromatic carbocycles. The van der Waals surface area contributed by atoms with Gasteiger partial charge in [-0.2, -0.15) is 0 Å². The van der Waals surface area contributed by atoms with Crippen LogP contribution in [0.5, 0.6) is 0 Å². The van der Waals surface area contributed by atoms with Crippen LogP contribution in [0.25, 0.3) is 71.3 Å². The van der Waals surface area contributed by atoms with Crippen LogP contribution in [0.4, 0.5) is 11.4 Å². The molecule has 262 valence electrons. The fraction of sp³-hybridized carbons (Fsp3) is 0.0370. The second-order valence-electron chi connectivity index (χ2n) is 15.2. The molecule has 2 nitrogen and oxygen atoms in total. The van der Waals surface area contributed by atoms with Crippen molar-refractivity contribution in [2.45, 2.75) is 5.92 Å². The molecule has 12 rings (SSSR count). The third-order valence-electron chi connectivity index (χ3n) is 12.2. The molecule has 1 aromatic heterocycles. The average molecular weight is 714 g/mol. The summed E-state index contributed by atoms with van der Waals surface area (Å²) in [5, 5.41) is 7.35. The molecule has 2 atom stereocenters. The largest absolute Gasteiger partial charge is 0.455 e. The summed E-state index contributed by atoms with van der Waals surface area (Å²) in [6.07, 6.45) is 11.7. The summed E-state index contributed by atoms with van der Waals surface area (Å²) in [6.45, 7) is 0. The van der Waals surface area contributed by atoms with E-state index in [0.29, 0.717) is 5.92 Å². The minimum absolute atomic E-state index is 0.279. The predicted octanol–water partition coefficient (Wildman–Crippen LogP) is 14.6. The van der Waals surface area contributed by atoms with E-state index in [2.05, 4.69) is 199 Å². The van der Waals surface area contributed by atoms with Crippen LogP contribution in [0.1, 0.15) is 17.0 Å². The van der Waals surface area contributed by atoms with Crippen molar-refractivity contribution >= 4 is 60.4 Å². The Morgan fingerprint density at radius 3 is 2.12 bits per heavy atom. The van der Waals surface area contributed by atoms with Crippen LogP contribution < -0.4 is 4.90 Å². The third-order valence-corrected chi connectivity index (χ3v) is 12.2. The van der Waals surface area contributed by atoms with Crippen LogP contribution in [0.3, 0.4) is 0 Å². The van der Waals surface area contributed by atoms with Crippen molar-refractivity contribution < 1.29 is 4.42 Å². The van der Waals surface area contributed by atoms with E-state index in [1.54, 1.807) is 0 Å². The molecular formula is C54H35NO. The summed E-state index contributed by atoms with van der Waals surface area (Å²) in [7, 11) is 0. The standard InChI is InChI=1S/C54H35NO/c1-2-13-41-34(10-1)22-23-36-24-25-38(33-50(36)41)37-11-7-12-40(32-37)55(51-31-30-47-44-15-4-3-14-43(44)46-18-9-20-49(51)53(46)47)39-28-26-35(27-29-39)42-17-8-19-48-45-16-5-6-21-52(45)56-54(42)48/h1-33,47,53H. The van der Waals surface area contributed by atoms with Crippen molar-refractivity contribution in [3.63, 3.8) is 0 Å². The molecule has 0 amide bonds. The van der Waals surface area contributed by atoms with Gasteiger partial charge in [-0.3, -0.25) is 0 Å². The summed E-state index contributed by atoms with van der Waals surface area (Å²) in [5.41, 5.74) is 15.4. The van der Waals surface area contributed by atoms with E-state index in [-0.39, 0.29) is 5.92 Å². The summed E-state index contributed by atoms with van der Waals surface area (Å²) in [4.78, 5) is 2.46. The number of nitrogens with zero attached hydrogens (tertiary/aromatic N) is 1. The molecule has 0 radical (unpaired) electrons. The zero-order chi connectivity index (χ0) is 36.7. The van der Waals surface area contributed by atoms with Gasteiger partial charge in [0.1, 0.15) is 11.2 Å². The smallest absolute Gasteiger partial charge is 0.143 e. The highest BCUT2D eigenvalue weighted by Gasteiger charge is 2.41. The lowest BCUT2D eigenvalue weighted by Crippen LogP contribution is -2.24. The molecule has 0 N–H and O–H groups in total. The molecule has 3 aliphatic rings. The quantitative estimate of drug-likeness (QED) is 0.165. The van der Waals surface area contributed by atoms with Crippen LogP contribution in [0, 0.1) is 5.92 Å². The molecule has 0 saturated carbocycles. The van der Waals surface area contributed by atoms with Crippen LogP contribution in [-0.4, -0.2) is 0 Å². The Morgan fingerprint density at radius 2 is 1.20 bits per heavy atom. The van der Waals surface area contributed by atoms with E-state index in [1.165, 1.54) is 60.6 Å². The minimum Gasteiger partial charge on any atom is -0.455 e. The van der Waals surface area contributed by atoms with E-state index in [9.17, 15) is 0 Å². The fourth-order valence-electron chi connectivity index (χ4n) is 9.66. The Kier molecular flexibility index (Phi) is 6.79. The Balaban J connectivity index is 1.01. The Morgan fingerprint density at radius 1 is 0.482 bits per heavy atom. The Bertz CT molecular complexity index is 3210. The molecule has 9 aromatic rings. The maximum Gasteiger partial charge on any atom is 0.143 e. The first-order chi connectivity index (χ1) is 27.8. The lowest BCUT2D eigenvalue weighted by molar-refractivity contribution is 0.670. The highest BCUT2D eigenvalue weighted by Crippen LogP contribution is 2.55. The van der Waals surface area contributed by atoms with Crippen molar-refractivity contribution in [2.75, 3.05) is 4.90 Å². The second kappa shape index (κ2) is 12.2. The number of furan rings is 1. The van der Waals surface area contributed by atoms with Crippen LogP contribution in [0.15, 0.2) is 216 Å². The average Bonchev–Trinajstić information content (AvgIpc) is 3.81. The highest BCUT2D eigenvalue weighted by molar-refractivity contribution is 6.10. The number of anilines is 2. The summed E-state index contributed by atoms with van der Waals surface area (Å²) >= 11 is 0. The molecule has 0 aliphatic heterocycles. The number of hydrogen-bond acceptors (Lipinski definition) is 2. The normalized spacial score (nSPS) is 16.8. The number of fused-ring (bicyclic) bond motifs is 9. The van der Waals surface area contributed by atoms with Gasteiger partial charge < -0.3 is 9.32 Å². The first kappa shape index (κ1) is 31.2. The van der Waals surface area contributed by atoms with Gasteiger partial charge in [0.25, 0.3) is 0 Å². The van der Waals surface area contributed by atoms with E-state index < -0.39 is 0 Å². The zero-order valence-corrected chi connectivity index (χ0v) is 30.6. The predicted molar refractivity (Wildman–Crippen MR) is 234 cm³/mol. The molecular weight excluding hydrogens is 679 g/mol. The number of para-hydroxylation sites is 2. The van der Waals surface area contributed by atoms with E-state index in [0.717, 1.165) is 44.4 Å². The lowest BCUT2D eigenvalue weighted by atomic mass is 9.77. The van der Waals surface area contributed by atoms with E-state index in [1.807, 2.05) is 6.07 Å². The molecule has 56 heavy (non-hydrogen) atoms. The lowest BCUT2D eigenvalue weighted by Gasteiger charge is -2.35. The SMILES string of the molecule is C1=CC2=C(N(c3ccc(-c4cccc5c4oc4ccccc45)cc3)c3cccc(-c4ccc5ccc6ccccc6c5c4)c3)C=CC3c4ccccc4C(=C1)C23. The van der Waals surface area contributed by atoms with Gasteiger partial charge >= 0.3 is 0 Å². The van der Waals surface area contributed by atoms with Gasteiger partial charge in [0.05, 0.1) is 0 Å². The maximum absolute atomic E-state index is 6.46. The van der Waals surface area contributed by atoms with Crippen LogP contribution in [-0.2, 0) is 0 Å². The summed E-state index contributed by atoms with van der Waals surface area (Å²) in [5.74, 6) is 0.607. The molecule has 3 aliphatic carbocycles. The van der Waals surface area contributed by atoms with Gasteiger partial charge in [-0.1, -0.05) is 158 Å². The van der Waals surface area contributed by atoms with Crippen molar-refractivity contribution in [1.29, 1.82) is 0 Å². The van der Waals surface area contributed by atoms with Crippen molar-refractivity contribution in [2.24, 2.45) is 5.92 Å². The van der Waals surface area contributed by atoms with Gasteiger partial charge in [0.15, 0.2) is 0 Å². The van der Waals surface area contributed by atoms with Crippen LogP contribution >= 0.6 is 0 Å². The minimum atomic E-state index is 0.279. The second-order valence-corrected chi connectivity index (χ2v) is 15.2. The topological polar surface area (TPSA) is 16.4 Å². The van der Waals surface area contributed by atoms with E-state index in [4.69, 9.17) is 4.42 Å². The van der Waals surface area contributed by atoms with Gasteiger partial charge in [-0.25, -0.2) is 0 Å². The molecule has 0 fully saturated rings. The number of hydrogen-bond donors (Lipinski definition) is 0. The third kappa shape index (κ3) is 4.69. The summed E-state index contributed by atoms with van der Waals surface area (Å²) < 4.78 is 6.46. The van der Waals surface area contributed by atoms with Crippen LogP contribution in [0.2, 0.25) is 0 Å². The molecule has 2 unspecified atom stereocenters. The highest BCUT2D eigenvalue weighted by atomic mass is 16.3. The summed E-state index contributed by atoms with van der Waals surface area (Å²) in [6, 6.07) is 61.8. The molecule has 0 saturated heterocycles. The maximum atomic E-state index is 6.46. The number of rotatable bonds is 5. The number of benzene rings is 8. The monoisotopic (exact) mass is 713 g/mol. The molecule has 1 heterocycles.